The van der Waals surface area contributed by atoms with Crippen molar-refractivity contribution in [2.24, 2.45) is 0 Å². The van der Waals surface area contributed by atoms with Gasteiger partial charge in [0, 0.05) is 23.4 Å². The third-order valence-electron chi connectivity index (χ3n) is 4.44. The molecule has 0 radical (unpaired) electrons. The highest BCUT2D eigenvalue weighted by molar-refractivity contribution is 7.89. The van der Waals surface area contributed by atoms with Crippen LogP contribution in [0.2, 0.25) is 0 Å². The molecular formula is C22H20FN3O4S. The summed E-state index contributed by atoms with van der Waals surface area (Å²) in [6.45, 7) is 0.204. The predicted octanol–water partition coefficient (Wildman–Crippen LogP) is 2.92. The summed E-state index contributed by atoms with van der Waals surface area (Å²) in [5.74, 6) is -1.17. The molecule has 3 aromatic carbocycles. The minimum atomic E-state index is -3.57. The van der Waals surface area contributed by atoms with Gasteiger partial charge in [-0.1, -0.05) is 12.1 Å². The van der Waals surface area contributed by atoms with E-state index in [-0.39, 0.29) is 23.3 Å². The minimum absolute atomic E-state index is 0.0659. The third-order valence-corrected chi connectivity index (χ3v) is 5.87. The lowest BCUT2D eigenvalue weighted by Crippen LogP contribution is -2.23. The van der Waals surface area contributed by atoms with Crippen LogP contribution in [0.3, 0.4) is 0 Å². The number of benzene rings is 3. The van der Waals surface area contributed by atoms with Crippen LogP contribution in [0.1, 0.15) is 26.3 Å². The first-order chi connectivity index (χ1) is 14.8. The fourth-order valence-electron chi connectivity index (χ4n) is 2.75. The van der Waals surface area contributed by atoms with E-state index in [0.717, 1.165) is 5.56 Å². The molecule has 160 valence electrons. The SMILES string of the molecule is CNS(=O)(=O)c1ccc(C(=O)NCc2cccc(NC(=O)c3ccc(F)cc3)c2)cc1. The summed E-state index contributed by atoms with van der Waals surface area (Å²) < 4.78 is 38.7. The number of hydrogen-bond acceptors (Lipinski definition) is 4. The van der Waals surface area contributed by atoms with Gasteiger partial charge in [-0.15, -0.1) is 0 Å². The molecule has 31 heavy (non-hydrogen) atoms. The lowest BCUT2D eigenvalue weighted by atomic mass is 10.1. The van der Waals surface area contributed by atoms with Crippen LogP contribution in [0, 0.1) is 5.82 Å². The van der Waals surface area contributed by atoms with Gasteiger partial charge in [-0.05, 0) is 73.3 Å². The minimum Gasteiger partial charge on any atom is -0.348 e. The number of anilines is 1. The van der Waals surface area contributed by atoms with Crippen molar-refractivity contribution in [2.45, 2.75) is 11.4 Å². The van der Waals surface area contributed by atoms with Crippen molar-refractivity contribution in [1.82, 2.24) is 10.0 Å². The summed E-state index contributed by atoms with van der Waals surface area (Å²) in [7, 11) is -2.26. The second-order valence-electron chi connectivity index (χ2n) is 6.58. The van der Waals surface area contributed by atoms with Crippen LogP contribution in [0.25, 0.3) is 0 Å². The Balaban J connectivity index is 1.61. The molecule has 0 bridgehead atoms. The highest BCUT2D eigenvalue weighted by Crippen LogP contribution is 2.14. The first-order valence-corrected chi connectivity index (χ1v) is 10.7. The quantitative estimate of drug-likeness (QED) is 0.524. The first kappa shape index (κ1) is 22.1. The van der Waals surface area contributed by atoms with Crippen molar-refractivity contribution in [3.8, 4) is 0 Å². The molecule has 0 saturated heterocycles. The Labute approximate surface area is 179 Å². The zero-order valence-electron chi connectivity index (χ0n) is 16.6. The molecule has 0 aliphatic carbocycles. The molecule has 0 unspecified atom stereocenters. The summed E-state index contributed by atoms with van der Waals surface area (Å²) in [5.41, 5.74) is 1.92. The van der Waals surface area contributed by atoms with Crippen LogP contribution >= 0.6 is 0 Å². The third kappa shape index (κ3) is 5.74. The average molecular weight is 441 g/mol. The van der Waals surface area contributed by atoms with E-state index in [4.69, 9.17) is 0 Å². The molecule has 9 heteroatoms. The van der Waals surface area contributed by atoms with E-state index in [1.165, 1.54) is 55.6 Å². The van der Waals surface area contributed by atoms with E-state index in [1.54, 1.807) is 24.3 Å². The maximum Gasteiger partial charge on any atom is 0.255 e. The average Bonchev–Trinajstić information content (AvgIpc) is 2.78. The van der Waals surface area contributed by atoms with Gasteiger partial charge >= 0.3 is 0 Å². The number of carbonyl (C=O) groups excluding carboxylic acids is 2. The summed E-state index contributed by atoms with van der Waals surface area (Å²) in [4.78, 5) is 24.7. The van der Waals surface area contributed by atoms with Gasteiger partial charge in [-0.2, -0.15) is 0 Å². The van der Waals surface area contributed by atoms with Gasteiger partial charge in [0.2, 0.25) is 10.0 Å². The molecule has 0 heterocycles. The summed E-state index contributed by atoms with van der Waals surface area (Å²) in [6, 6.07) is 17.7. The van der Waals surface area contributed by atoms with Gasteiger partial charge in [0.05, 0.1) is 4.90 Å². The Morgan fingerprint density at radius 3 is 2.13 bits per heavy atom. The zero-order valence-corrected chi connectivity index (χ0v) is 17.4. The van der Waals surface area contributed by atoms with E-state index in [9.17, 15) is 22.4 Å². The van der Waals surface area contributed by atoms with Crippen molar-refractivity contribution in [2.75, 3.05) is 12.4 Å². The largest absolute Gasteiger partial charge is 0.348 e. The fourth-order valence-corrected chi connectivity index (χ4v) is 3.48. The maximum atomic E-state index is 13.0. The molecule has 3 aromatic rings. The van der Waals surface area contributed by atoms with Gasteiger partial charge < -0.3 is 10.6 Å². The van der Waals surface area contributed by atoms with Crippen molar-refractivity contribution < 1.29 is 22.4 Å². The Kier molecular flexibility index (Phi) is 6.78. The molecule has 7 nitrogen and oxygen atoms in total. The topological polar surface area (TPSA) is 104 Å². The fraction of sp³-hybridized carbons (Fsp3) is 0.0909. The van der Waals surface area contributed by atoms with E-state index in [1.807, 2.05) is 0 Å². The van der Waals surface area contributed by atoms with Crippen molar-refractivity contribution in [3.63, 3.8) is 0 Å². The van der Waals surface area contributed by atoms with E-state index in [2.05, 4.69) is 15.4 Å². The highest BCUT2D eigenvalue weighted by atomic mass is 32.2. The number of nitrogens with one attached hydrogen (secondary N) is 3. The highest BCUT2D eigenvalue weighted by Gasteiger charge is 2.13. The zero-order chi connectivity index (χ0) is 22.4. The Morgan fingerprint density at radius 2 is 1.48 bits per heavy atom. The van der Waals surface area contributed by atoms with Gasteiger partial charge in [0.25, 0.3) is 11.8 Å². The molecule has 3 N–H and O–H groups in total. The Bertz CT molecular complexity index is 1190. The molecular weight excluding hydrogens is 421 g/mol. The number of amides is 2. The molecule has 0 aromatic heterocycles. The van der Waals surface area contributed by atoms with Crippen LogP contribution < -0.4 is 15.4 Å². The standard InChI is InChI=1S/C22H20FN3O4S/c1-24-31(29,30)20-11-7-16(8-12-20)21(27)25-14-15-3-2-4-19(13-15)26-22(28)17-5-9-18(23)10-6-17/h2-13,24H,14H2,1H3,(H,25,27)(H,26,28). The molecule has 0 aliphatic heterocycles. The lowest BCUT2D eigenvalue weighted by molar-refractivity contribution is 0.0949. The second-order valence-corrected chi connectivity index (χ2v) is 8.46. The number of sulfonamides is 1. The molecule has 0 spiro atoms. The summed E-state index contributed by atoms with van der Waals surface area (Å²) in [5, 5.41) is 5.47. The van der Waals surface area contributed by atoms with Gasteiger partial charge in [-0.3, -0.25) is 9.59 Å². The van der Waals surface area contributed by atoms with Gasteiger partial charge in [0.1, 0.15) is 5.82 Å². The molecule has 0 aliphatic rings. The summed E-state index contributed by atoms with van der Waals surface area (Å²) in [6.07, 6.45) is 0. The molecule has 2 amide bonds. The second kappa shape index (κ2) is 9.50. The van der Waals surface area contributed by atoms with Gasteiger partial charge in [0.15, 0.2) is 0 Å². The molecule has 0 saturated carbocycles. The first-order valence-electron chi connectivity index (χ1n) is 9.26. The van der Waals surface area contributed by atoms with Crippen molar-refractivity contribution in [3.05, 3.63) is 95.3 Å². The van der Waals surface area contributed by atoms with E-state index in [0.29, 0.717) is 16.8 Å². The molecule has 3 rings (SSSR count). The maximum absolute atomic E-state index is 13.0. The lowest BCUT2D eigenvalue weighted by Gasteiger charge is -2.09. The summed E-state index contributed by atoms with van der Waals surface area (Å²) >= 11 is 0. The van der Waals surface area contributed by atoms with Crippen LogP contribution in [0.5, 0.6) is 0 Å². The smallest absolute Gasteiger partial charge is 0.255 e. The normalized spacial score (nSPS) is 11.0. The Morgan fingerprint density at radius 1 is 0.871 bits per heavy atom. The number of halogens is 1. The van der Waals surface area contributed by atoms with Crippen molar-refractivity contribution >= 4 is 27.5 Å². The monoisotopic (exact) mass is 441 g/mol. The number of carbonyl (C=O) groups is 2. The van der Waals surface area contributed by atoms with Crippen LogP contribution in [0.4, 0.5) is 10.1 Å². The predicted molar refractivity (Wildman–Crippen MR) is 115 cm³/mol. The van der Waals surface area contributed by atoms with Gasteiger partial charge in [-0.25, -0.2) is 17.5 Å². The molecule has 0 fully saturated rings. The van der Waals surface area contributed by atoms with Crippen molar-refractivity contribution in [1.29, 1.82) is 0 Å². The number of hydrogen-bond donors (Lipinski definition) is 3. The van der Waals surface area contributed by atoms with Crippen LogP contribution in [-0.4, -0.2) is 27.3 Å². The van der Waals surface area contributed by atoms with Crippen LogP contribution in [0.15, 0.2) is 77.7 Å². The Hall–Kier alpha value is -3.56. The van der Waals surface area contributed by atoms with Crippen LogP contribution in [-0.2, 0) is 16.6 Å². The van der Waals surface area contributed by atoms with E-state index >= 15 is 0 Å². The number of rotatable bonds is 7. The van der Waals surface area contributed by atoms with E-state index < -0.39 is 15.8 Å². The molecule has 0 atom stereocenters.